The number of ketones is 1. The van der Waals surface area contributed by atoms with Crippen molar-refractivity contribution < 1.29 is 9.53 Å². The fourth-order valence-corrected chi connectivity index (χ4v) is 2.26. The van der Waals surface area contributed by atoms with Gasteiger partial charge >= 0.3 is 0 Å². The van der Waals surface area contributed by atoms with E-state index in [0.717, 1.165) is 29.8 Å². The minimum atomic E-state index is 0.133. The number of hydrogen-bond donors (Lipinski definition) is 0. The molecule has 0 bridgehead atoms. The molecule has 0 aliphatic carbocycles. The van der Waals surface area contributed by atoms with Crippen LogP contribution in [-0.2, 0) is 12.8 Å². The summed E-state index contributed by atoms with van der Waals surface area (Å²) in [5, 5.41) is 0. The second-order valence-electron chi connectivity index (χ2n) is 5.95. The third kappa shape index (κ3) is 5.53. The molecule has 0 heterocycles. The van der Waals surface area contributed by atoms with E-state index in [1.54, 1.807) is 0 Å². The zero-order valence-electron chi connectivity index (χ0n) is 14.2. The predicted octanol–water partition coefficient (Wildman–Crippen LogP) is 3.61. The maximum absolute atomic E-state index is 12.3. The highest BCUT2D eigenvalue weighted by Gasteiger charge is 2.07. The number of rotatable bonds is 8. The van der Waals surface area contributed by atoms with E-state index in [2.05, 4.69) is 24.0 Å². The van der Waals surface area contributed by atoms with Crippen molar-refractivity contribution in [2.45, 2.75) is 19.8 Å². The molecule has 0 N–H and O–H groups in total. The number of ether oxygens (including phenoxy) is 1. The number of benzene rings is 2. The third-order valence-corrected chi connectivity index (χ3v) is 3.78. The summed E-state index contributed by atoms with van der Waals surface area (Å²) in [6.07, 6.45) is 1.45. The largest absolute Gasteiger partial charge is 0.492 e. The van der Waals surface area contributed by atoms with Gasteiger partial charge in [-0.2, -0.15) is 0 Å². The highest BCUT2D eigenvalue weighted by molar-refractivity contribution is 5.97. The number of hydrogen-bond acceptors (Lipinski definition) is 3. The van der Waals surface area contributed by atoms with Crippen LogP contribution in [0.5, 0.6) is 5.75 Å². The molecule has 0 saturated heterocycles. The van der Waals surface area contributed by atoms with Gasteiger partial charge in [0.2, 0.25) is 0 Å². The number of likely N-dealkylation sites (N-methyl/N-ethyl adjacent to an activating group) is 1. The van der Waals surface area contributed by atoms with Crippen molar-refractivity contribution in [2.75, 3.05) is 27.2 Å². The van der Waals surface area contributed by atoms with Crippen LogP contribution in [0.4, 0.5) is 0 Å². The lowest BCUT2D eigenvalue weighted by atomic mass is 10.0. The highest BCUT2D eigenvalue weighted by Crippen LogP contribution is 2.15. The molecule has 2 aromatic carbocycles. The van der Waals surface area contributed by atoms with Gasteiger partial charge in [0.05, 0.1) is 0 Å². The van der Waals surface area contributed by atoms with Crippen molar-refractivity contribution in [3.05, 3.63) is 65.2 Å². The van der Waals surface area contributed by atoms with Gasteiger partial charge in [-0.05, 0) is 55.9 Å². The molecule has 0 aromatic heterocycles. The standard InChI is InChI=1S/C20H25NO2/c1-4-16-5-7-17(8-6-16)15-20(22)18-9-11-19(12-10-18)23-14-13-21(2)3/h5-12H,4,13-15H2,1-3H3. The topological polar surface area (TPSA) is 29.5 Å². The van der Waals surface area contributed by atoms with Gasteiger partial charge in [-0.3, -0.25) is 4.79 Å². The molecule has 0 aliphatic heterocycles. The molecule has 0 atom stereocenters. The van der Waals surface area contributed by atoms with Crippen molar-refractivity contribution >= 4 is 5.78 Å². The van der Waals surface area contributed by atoms with E-state index in [1.807, 2.05) is 50.5 Å². The van der Waals surface area contributed by atoms with Gasteiger partial charge in [-0.25, -0.2) is 0 Å². The zero-order valence-corrected chi connectivity index (χ0v) is 14.2. The monoisotopic (exact) mass is 311 g/mol. The molecule has 0 aliphatic rings. The van der Waals surface area contributed by atoms with Crippen LogP contribution in [0.25, 0.3) is 0 Å². The Labute approximate surface area is 138 Å². The minimum Gasteiger partial charge on any atom is -0.492 e. The first-order chi connectivity index (χ1) is 11.1. The van der Waals surface area contributed by atoms with Crippen molar-refractivity contribution in [3.8, 4) is 5.75 Å². The van der Waals surface area contributed by atoms with E-state index in [4.69, 9.17) is 4.74 Å². The van der Waals surface area contributed by atoms with Crippen LogP contribution in [0, 0.1) is 0 Å². The van der Waals surface area contributed by atoms with Crippen LogP contribution >= 0.6 is 0 Å². The number of carbonyl (C=O) groups is 1. The first-order valence-electron chi connectivity index (χ1n) is 8.07. The molecule has 0 spiro atoms. The molecule has 3 heteroatoms. The molecular formula is C20H25NO2. The summed E-state index contributed by atoms with van der Waals surface area (Å²) in [5.74, 6) is 0.935. The van der Waals surface area contributed by atoms with Gasteiger partial charge in [0, 0.05) is 18.5 Å². The van der Waals surface area contributed by atoms with E-state index in [-0.39, 0.29) is 5.78 Å². The average molecular weight is 311 g/mol. The van der Waals surface area contributed by atoms with E-state index in [1.165, 1.54) is 5.56 Å². The van der Waals surface area contributed by atoms with E-state index < -0.39 is 0 Å². The van der Waals surface area contributed by atoms with Gasteiger partial charge in [0.15, 0.2) is 5.78 Å². The van der Waals surface area contributed by atoms with Crippen LogP contribution in [0.15, 0.2) is 48.5 Å². The molecule has 2 rings (SSSR count). The van der Waals surface area contributed by atoms with Crippen LogP contribution in [-0.4, -0.2) is 37.9 Å². The predicted molar refractivity (Wildman–Crippen MR) is 94.3 cm³/mol. The maximum atomic E-state index is 12.3. The quantitative estimate of drug-likeness (QED) is 0.697. The third-order valence-electron chi connectivity index (χ3n) is 3.78. The Bertz CT molecular complexity index is 615. The van der Waals surface area contributed by atoms with Crippen LogP contribution in [0.3, 0.4) is 0 Å². The summed E-state index contributed by atoms with van der Waals surface area (Å²) in [6, 6.07) is 15.7. The molecule has 0 amide bonds. The number of nitrogens with zero attached hydrogens (tertiary/aromatic N) is 1. The fourth-order valence-electron chi connectivity index (χ4n) is 2.26. The second-order valence-corrected chi connectivity index (χ2v) is 5.95. The van der Waals surface area contributed by atoms with E-state index in [9.17, 15) is 4.79 Å². The summed E-state index contributed by atoms with van der Waals surface area (Å²) in [5.41, 5.74) is 3.07. The second kappa shape index (κ2) is 8.49. The molecule has 23 heavy (non-hydrogen) atoms. The molecule has 0 unspecified atom stereocenters. The number of carbonyl (C=O) groups excluding carboxylic acids is 1. The van der Waals surface area contributed by atoms with Gasteiger partial charge in [0.1, 0.15) is 12.4 Å². The van der Waals surface area contributed by atoms with Crippen molar-refractivity contribution in [2.24, 2.45) is 0 Å². The van der Waals surface area contributed by atoms with Crippen LogP contribution in [0.1, 0.15) is 28.4 Å². The molecule has 2 aromatic rings. The smallest absolute Gasteiger partial charge is 0.167 e. The van der Waals surface area contributed by atoms with Crippen molar-refractivity contribution in [3.63, 3.8) is 0 Å². The lowest BCUT2D eigenvalue weighted by Crippen LogP contribution is -2.19. The molecule has 0 saturated carbocycles. The molecule has 0 fully saturated rings. The zero-order chi connectivity index (χ0) is 16.7. The van der Waals surface area contributed by atoms with Gasteiger partial charge in [-0.1, -0.05) is 31.2 Å². The Morgan fingerprint density at radius 2 is 1.57 bits per heavy atom. The number of Topliss-reactive ketones (excluding diaryl/α,β-unsaturated/α-hetero) is 1. The lowest BCUT2D eigenvalue weighted by molar-refractivity contribution is 0.0993. The van der Waals surface area contributed by atoms with E-state index in [0.29, 0.717) is 13.0 Å². The minimum absolute atomic E-state index is 0.133. The van der Waals surface area contributed by atoms with Gasteiger partial charge < -0.3 is 9.64 Å². The first kappa shape index (κ1) is 17.2. The fraction of sp³-hybridized carbons (Fsp3) is 0.350. The van der Waals surface area contributed by atoms with Gasteiger partial charge in [0.25, 0.3) is 0 Å². The van der Waals surface area contributed by atoms with Crippen LogP contribution in [0.2, 0.25) is 0 Å². The summed E-state index contributed by atoms with van der Waals surface area (Å²) in [4.78, 5) is 14.4. The normalized spacial score (nSPS) is 10.8. The van der Waals surface area contributed by atoms with Crippen molar-refractivity contribution in [1.82, 2.24) is 4.90 Å². The summed E-state index contributed by atoms with van der Waals surface area (Å²) in [7, 11) is 4.02. The Morgan fingerprint density at radius 3 is 2.13 bits per heavy atom. The summed E-state index contributed by atoms with van der Waals surface area (Å²) in [6.45, 7) is 3.64. The van der Waals surface area contributed by atoms with E-state index >= 15 is 0 Å². The highest BCUT2D eigenvalue weighted by atomic mass is 16.5. The SMILES string of the molecule is CCc1ccc(CC(=O)c2ccc(OCCN(C)C)cc2)cc1. The Kier molecular flexibility index (Phi) is 6.36. The number of aryl methyl sites for hydroxylation is 1. The Morgan fingerprint density at radius 1 is 0.957 bits per heavy atom. The summed E-state index contributed by atoms with van der Waals surface area (Å²) >= 11 is 0. The Hall–Kier alpha value is -2.13. The van der Waals surface area contributed by atoms with Gasteiger partial charge in [-0.15, -0.1) is 0 Å². The molecular weight excluding hydrogens is 286 g/mol. The molecule has 0 radical (unpaired) electrons. The lowest BCUT2D eigenvalue weighted by Gasteiger charge is -2.11. The maximum Gasteiger partial charge on any atom is 0.167 e. The first-order valence-corrected chi connectivity index (χ1v) is 8.07. The molecule has 3 nitrogen and oxygen atoms in total. The molecule has 122 valence electrons. The average Bonchev–Trinajstić information content (AvgIpc) is 2.56. The van der Waals surface area contributed by atoms with Crippen molar-refractivity contribution in [1.29, 1.82) is 0 Å². The van der Waals surface area contributed by atoms with Crippen LogP contribution < -0.4 is 4.74 Å². The summed E-state index contributed by atoms with van der Waals surface area (Å²) < 4.78 is 5.64. The Balaban J connectivity index is 1.91.